The minimum absolute atomic E-state index is 0.262. The highest BCUT2D eigenvalue weighted by atomic mass is 19.4. The van der Waals surface area contributed by atoms with E-state index in [9.17, 15) is 27.9 Å². The second-order valence-corrected chi connectivity index (χ2v) is 5.88. The minimum atomic E-state index is -5.22. The maximum Gasteiger partial charge on any atom is 0.437 e. The van der Waals surface area contributed by atoms with Crippen molar-refractivity contribution in [3.63, 3.8) is 0 Å². The zero-order valence-electron chi connectivity index (χ0n) is 13.0. The molecule has 3 N–H and O–H groups in total. The molecule has 2 aromatic rings. The second-order valence-electron chi connectivity index (χ2n) is 5.88. The summed E-state index contributed by atoms with van der Waals surface area (Å²) in [7, 11) is 0. The number of urea groups is 1. The molecule has 132 valence electrons. The Morgan fingerprint density at radius 2 is 2.04 bits per heavy atom. The standard InChI is InChI=1S/C16H14F3N3O3/c1-8(23)12-13(21-14(24)22-15(12,25)16(17,18)19)10-4-5-11-9(7-10)3-2-6-20-11/h2-7,12-13,25H,1H3,(H2,21,22,24)/t12-,13+,15+/m1/s1. The fraction of sp³-hybridized carbons (Fsp3) is 0.312. The van der Waals surface area contributed by atoms with Gasteiger partial charge in [-0.15, -0.1) is 0 Å². The Balaban J connectivity index is 2.14. The molecule has 1 aliphatic rings. The number of amides is 2. The zero-order chi connectivity index (χ0) is 18.4. The summed E-state index contributed by atoms with van der Waals surface area (Å²) in [5.41, 5.74) is -2.79. The van der Waals surface area contributed by atoms with Gasteiger partial charge in [0.05, 0.1) is 17.5 Å². The van der Waals surface area contributed by atoms with Crippen molar-refractivity contribution in [2.24, 2.45) is 5.92 Å². The molecule has 0 spiro atoms. The molecule has 6 nitrogen and oxygen atoms in total. The molecule has 2 amide bonds. The molecule has 1 aliphatic heterocycles. The van der Waals surface area contributed by atoms with Gasteiger partial charge in [0.1, 0.15) is 5.78 Å². The molecule has 0 unspecified atom stereocenters. The van der Waals surface area contributed by atoms with E-state index in [1.807, 2.05) is 0 Å². The summed E-state index contributed by atoms with van der Waals surface area (Å²) in [5.74, 6) is -2.86. The number of rotatable bonds is 2. The van der Waals surface area contributed by atoms with Crippen molar-refractivity contribution in [2.75, 3.05) is 0 Å². The van der Waals surface area contributed by atoms with Gasteiger partial charge in [-0.1, -0.05) is 12.1 Å². The Bertz CT molecular complexity index is 855. The van der Waals surface area contributed by atoms with Crippen molar-refractivity contribution >= 4 is 22.7 Å². The van der Waals surface area contributed by atoms with E-state index in [0.717, 1.165) is 6.92 Å². The maximum absolute atomic E-state index is 13.4. The fourth-order valence-corrected chi connectivity index (χ4v) is 3.09. The number of nitrogens with zero attached hydrogens (tertiary/aromatic N) is 1. The zero-order valence-corrected chi connectivity index (χ0v) is 13.0. The van der Waals surface area contributed by atoms with E-state index in [4.69, 9.17) is 0 Å². The van der Waals surface area contributed by atoms with Crippen molar-refractivity contribution in [3.05, 3.63) is 42.1 Å². The van der Waals surface area contributed by atoms with Crippen LogP contribution in [0.1, 0.15) is 18.5 Å². The quantitative estimate of drug-likeness (QED) is 0.771. The SMILES string of the molecule is CC(=O)[C@@H]1[C@H](c2ccc3ncccc3c2)NC(=O)N[C@@]1(O)C(F)(F)F. The third kappa shape index (κ3) is 2.80. The second kappa shape index (κ2) is 5.69. The minimum Gasteiger partial charge on any atom is -0.363 e. The molecule has 0 saturated carbocycles. The van der Waals surface area contributed by atoms with E-state index in [-0.39, 0.29) is 5.56 Å². The van der Waals surface area contributed by atoms with E-state index in [0.29, 0.717) is 10.9 Å². The average molecular weight is 353 g/mol. The Hall–Kier alpha value is -2.68. The molecule has 0 bridgehead atoms. The van der Waals surface area contributed by atoms with Crippen molar-refractivity contribution in [1.82, 2.24) is 15.6 Å². The molecule has 0 radical (unpaired) electrons. The number of aliphatic hydroxyl groups is 1. The molecule has 0 aliphatic carbocycles. The highest BCUT2D eigenvalue weighted by Crippen LogP contribution is 2.43. The van der Waals surface area contributed by atoms with Gasteiger partial charge < -0.3 is 15.7 Å². The van der Waals surface area contributed by atoms with Gasteiger partial charge in [-0.05, 0) is 30.7 Å². The predicted molar refractivity (Wildman–Crippen MR) is 81.3 cm³/mol. The van der Waals surface area contributed by atoms with Gasteiger partial charge in [0.15, 0.2) is 0 Å². The van der Waals surface area contributed by atoms with E-state index in [1.165, 1.54) is 17.4 Å². The number of carbonyl (C=O) groups is 2. The summed E-state index contributed by atoms with van der Waals surface area (Å²) < 4.78 is 40.2. The lowest BCUT2D eigenvalue weighted by molar-refractivity contribution is -0.290. The number of nitrogens with one attached hydrogen (secondary N) is 2. The monoisotopic (exact) mass is 353 g/mol. The van der Waals surface area contributed by atoms with Gasteiger partial charge in [-0.3, -0.25) is 9.78 Å². The number of carbonyl (C=O) groups excluding carboxylic acids is 2. The van der Waals surface area contributed by atoms with Gasteiger partial charge in [-0.25, -0.2) is 4.79 Å². The highest BCUT2D eigenvalue weighted by molar-refractivity contribution is 5.87. The first-order valence-electron chi connectivity index (χ1n) is 7.36. The highest BCUT2D eigenvalue weighted by Gasteiger charge is 2.65. The Morgan fingerprint density at radius 1 is 1.32 bits per heavy atom. The number of fused-ring (bicyclic) bond motifs is 1. The van der Waals surface area contributed by atoms with Crippen LogP contribution in [0.2, 0.25) is 0 Å². The molecule has 1 fully saturated rings. The van der Waals surface area contributed by atoms with Crippen LogP contribution in [-0.4, -0.2) is 33.8 Å². The number of hydrogen-bond acceptors (Lipinski definition) is 4. The molecular weight excluding hydrogens is 339 g/mol. The third-order valence-electron chi connectivity index (χ3n) is 4.23. The summed E-state index contributed by atoms with van der Waals surface area (Å²) in [5, 5.41) is 14.5. The number of aromatic nitrogens is 1. The smallest absolute Gasteiger partial charge is 0.363 e. The molecule has 1 aromatic carbocycles. The lowest BCUT2D eigenvalue weighted by Crippen LogP contribution is -2.72. The van der Waals surface area contributed by atoms with E-state index >= 15 is 0 Å². The normalized spacial score (nSPS) is 26.8. The van der Waals surface area contributed by atoms with Gasteiger partial charge >= 0.3 is 12.2 Å². The lowest BCUT2D eigenvalue weighted by atomic mass is 9.79. The molecule has 1 saturated heterocycles. The fourth-order valence-electron chi connectivity index (χ4n) is 3.09. The largest absolute Gasteiger partial charge is 0.437 e. The van der Waals surface area contributed by atoms with Crippen LogP contribution in [0.15, 0.2) is 36.5 Å². The van der Waals surface area contributed by atoms with Gasteiger partial charge in [-0.2, -0.15) is 13.2 Å². The van der Waals surface area contributed by atoms with Gasteiger partial charge in [0.25, 0.3) is 0 Å². The summed E-state index contributed by atoms with van der Waals surface area (Å²) >= 11 is 0. The van der Waals surface area contributed by atoms with E-state index < -0.39 is 35.7 Å². The van der Waals surface area contributed by atoms with Gasteiger partial charge in [0.2, 0.25) is 5.72 Å². The number of ketones is 1. The Labute approximate surface area is 140 Å². The molecule has 25 heavy (non-hydrogen) atoms. The lowest BCUT2D eigenvalue weighted by Gasteiger charge is -2.44. The molecule has 9 heteroatoms. The molecule has 2 heterocycles. The first-order valence-corrected chi connectivity index (χ1v) is 7.36. The molecule has 3 rings (SSSR count). The topological polar surface area (TPSA) is 91.3 Å². The van der Waals surface area contributed by atoms with Crippen molar-refractivity contribution < 1.29 is 27.9 Å². The van der Waals surface area contributed by atoms with Crippen molar-refractivity contribution in [2.45, 2.75) is 24.9 Å². The first kappa shape index (κ1) is 17.2. The predicted octanol–water partition coefficient (Wildman–Crippen LogP) is 2.04. The van der Waals surface area contributed by atoms with Crippen molar-refractivity contribution in [1.29, 1.82) is 0 Å². The number of halogens is 3. The number of alkyl halides is 3. The van der Waals surface area contributed by atoms with E-state index in [1.54, 1.807) is 24.4 Å². The van der Waals surface area contributed by atoms with Gasteiger partial charge in [0, 0.05) is 11.6 Å². The molecule has 1 aromatic heterocycles. The summed E-state index contributed by atoms with van der Waals surface area (Å²) in [6.45, 7) is 0.941. The summed E-state index contributed by atoms with van der Waals surface area (Å²) in [6, 6.07) is 5.37. The van der Waals surface area contributed by atoms with Crippen LogP contribution >= 0.6 is 0 Å². The van der Waals surface area contributed by atoms with Crippen LogP contribution in [0.4, 0.5) is 18.0 Å². The maximum atomic E-state index is 13.4. The average Bonchev–Trinajstić information content (AvgIpc) is 2.52. The number of pyridine rings is 1. The molecule has 3 atom stereocenters. The summed E-state index contributed by atoms with van der Waals surface area (Å²) in [4.78, 5) is 27.8. The number of Topliss-reactive ketones (excluding diaryl/α,β-unsaturated/α-hetero) is 1. The van der Waals surface area contributed by atoms with Crippen LogP contribution in [0.25, 0.3) is 10.9 Å². The third-order valence-corrected chi connectivity index (χ3v) is 4.23. The van der Waals surface area contributed by atoms with Crippen LogP contribution in [-0.2, 0) is 4.79 Å². The first-order chi connectivity index (χ1) is 11.6. The van der Waals surface area contributed by atoms with Crippen LogP contribution < -0.4 is 10.6 Å². The number of benzene rings is 1. The van der Waals surface area contributed by atoms with E-state index in [2.05, 4.69) is 10.3 Å². The van der Waals surface area contributed by atoms with Crippen LogP contribution in [0, 0.1) is 5.92 Å². The van der Waals surface area contributed by atoms with Crippen LogP contribution in [0.3, 0.4) is 0 Å². The van der Waals surface area contributed by atoms with Crippen LogP contribution in [0.5, 0.6) is 0 Å². The Kier molecular flexibility index (Phi) is 3.91. The summed E-state index contributed by atoms with van der Waals surface area (Å²) in [6.07, 6.45) is -3.66. The molecular formula is C16H14F3N3O3. The number of hydrogen-bond donors (Lipinski definition) is 3. The Morgan fingerprint density at radius 3 is 2.68 bits per heavy atom. The van der Waals surface area contributed by atoms with Crippen molar-refractivity contribution in [3.8, 4) is 0 Å².